The van der Waals surface area contributed by atoms with E-state index in [-0.39, 0.29) is 26.4 Å². The molecular formula is C12H7Cl2NO5S. The van der Waals surface area contributed by atoms with Crippen LogP contribution in [0.3, 0.4) is 0 Å². The highest BCUT2D eigenvalue weighted by molar-refractivity contribution is 7.87. The fraction of sp³-hybridized carbons (Fsp3) is 0. The van der Waals surface area contributed by atoms with Crippen LogP contribution in [0.15, 0.2) is 47.4 Å². The van der Waals surface area contributed by atoms with Gasteiger partial charge in [-0.1, -0.05) is 29.3 Å². The van der Waals surface area contributed by atoms with Crippen molar-refractivity contribution in [3.05, 3.63) is 62.6 Å². The summed E-state index contributed by atoms with van der Waals surface area (Å²) in [4.78, 5) is 9.66. The monoisotopic (exact) mass is 347 g/mol. The number of benzene rings is 2. The molecule has 21 heavy (non-hydrogen) atoms. The molecule has 0 aliphatic carbocycles. The topological polar surface area (TPSA) is 86.5 Å². The molecule has 2 aromatic rings. The second kappa shape index (κ2) is 5.88. The maximum Gasteiger partial charge on any atom is 0.339 e. The molecule has 0 aliphatic heterocycles. The molecule has 0 amide bonds. The minimum atomic E-state index is -4.16. The zero-order chi connectivity index (χ0) is 15.6. The van der Waals surface area contributed by atoms with E-state index in [1.54, 1.807) is 0 Å². The largest absolute Gasteiger partial charge is 0.377 e. The van der Waals surface area contributed by atoms with Crippen molar-refractivity contribution in [3.63, 3.8) is 0 Å². The summed E-state index contributed by atoms with van der Waals surface area (Å²) in [6, 6.07) is 8.59. The molecule has 0 bridgehead atoms. The third-order valence-corrected chi connectivity index (χ3v) is 4.50. The molecule has 110 valence electrons. The summed E-state index contributed by atoms with van der Waals surface area (Å²) in [7, 11) is -4.16. The average Bonchev–Trinajstić information content (AvgIpc) is 2.44. The van der Waals surface area contributed by atoms with E-state index in [4.69, 9.17) is 27.4 Å². The molecule has 0 spiro atoms. The SMILES string of the molecule is O=[N+]([O-])c1ccc(S(=O)(=O)Oc2cccc(Cl)c2Cl)cc1. The van der Waals surface area contributed by atoms with Crippen molar-refractivity contribution in [2.45, 2.75) is 4.90 Å². The number of halogens is 2. The maximum absolute atomic E-state index is 12.1. The molecule has 2 aromatic carbocycles. The van der Waals surface area contributed by atoms with E-state index in [1.165, 1.54) is 18.2 Å². The summed E-state index contributed by atoms with van der Waals surface area (Å²) < 4.78 is 29.0. The molecule has 9 heteroatoms. The van der Waals surface area contributed by atoms with Crippen LogP contribution in [-0.2, 0) is 10.1 Å². The van der Waals surface area contributed by atoms with Gasteiger partial charge in [-0.25, -0.2) is 0 Å². The third kappa shape index (κ3) is 3.44. The molecule has 0 fully saturated rings. The van der Waals surface area contributed by atoms with Crippen LogP contribution in [0.1, 0.15) is 0 Å². The lowest BCUT2D eigenvalue weighted by Crippen LogP contribution is -2.10. The molecule has 2 rings (SSSR count). The van der Waals surface area contributed by atoms with Gasteiger partial charge in [0.05, 0.1) is 9.95 Å². The highest BCUT2D eigenvalue weighted by Gasteiger charge is 2.20. The lowest BCUT2D eigenvalue weighted by atomic mass is 10.3. The van der Waals surface area contributed by atoms with E-state index in [2.05, 4.69) is 0 Å². The van der Waals surface area contributed by atoms with E-state index in [0.717, 1.165) is 24.3 Å². The van der Waals surface area contributed by atoms with Gasteiger partial charge in [0.2, 0.25) is 0 Å². The number of nitrogens with zero attached hydrogens (tertiary/aromatic N) is 1. The van der Waals surface area contributed by atoms with Gasteiger partial charge in [0.25, 0.3) is 5.69 Å². The van der Waals surface area contributed by atoms with Gasteiger partial charge in [-0.15, -0.1) is 0 Å². The highest BCUT2D eigenvalue weighted by Crippen LogP contribution is 2.33. The average molecular weight is 348 g/mol. The smallest absolute Gasteiger partial charge is 0.339 e. The van der Waals surface area contributed by atoms with E-state index in [0.29, 0.717) is 0 Å². The normalized spacial score (nSPS) is 11.1. The van der Waals surface area contributed by atoms with Gasteiger partial charge in [-0.3, -0.25) is 10.1 Å². The van der Waals surface area contributed by atoms with Crippen molar-refractivity contribution in [1.29, 1.82) is 0 Å². The lowest BCUT2D eigenvalue weighted by molar-refractivity contribution is -0.384. The van der Waals surface area contributed by atoms with Crippen molar-refractivity contribution in [1.82, 2.24) is 0 Å². The summed E-state index contributed by atoms with van der Waals surface area (Å²) in [5.74, 6) is -0.123. The quantitative estimate of drug-likeness (QED) is 0.478. The van der Waals surface area contributed by atoms with Gasteiger partial charge in [0.15, 0.2) is 5.75 Å². The Kier molecular flexibility index (Phi) is 4.36. The van der Waals surface area contributed by atoms with E-state index in [9.17, 15) is 18.5 Å². The Hall–Kier alpha value is -1.83. The van der Waals surface area contributed by atoms with Crippen LogP contribution in [0.2, 0.25) is 10.0 Å². The number of hydrogen-bond acceptors (Lipinski definition) is 5. The van der Waals surface area contributed by atoms with Gasteiger partial charge in [0, 0.05) is 12.1 Å². The number of rotatable bonds is 4. The predicted molar refractivity (Wildman–Crippen MR) is 77.4 cm³/mol. The lowest BCUT2D eigenvalue weighted by Gasteiger charge is -2.09. The first kappa shape index (κ1) is 15.6. The second-order valence-electron chi connectivity index (χ2n) is 3.84. The molecule has 0 unspecified atom stereocenters. The summed E-state index contributed by atoms with van der Waals surface area (Å²) in [5.41, 5.74) is -0.227. The Morgan fingerprint density at radius 2 is 1.67 bits per heavy atom. The van der Waals surface area contributed by atoms with Crippen molar-refractivity contribution < 1.29 is 17.5 Å². The Morgan fingerprint density at radius 3 is 2.24 bits per heavy atom. The predicted octanol–water partition coefficient (Wildman–Crippen LogP) is 3.67. The van der Waals surface area contributed by atoms with Crippen molar-refractivity contribution >= 4 is 39.0 Å². The number of nitro groups is 1. The number of non-ortho nitro benzene ring substituents is 1. The molecule has 0 atom stereocenters. The molecular weight excluding hydrogens is 341 g/mol. The van der Waals surface area contributed by atoms with Gasteiger partial charge in [-0.2, -0.15) is 8.42 Å². The molecule has 0 N–H and O–H groups in total. The van der Waals surface area contributed by atoms with Gasteiger partial charge < -0.3 is 4.18 Å². The van der Waals surface area contributed by atoms with Crippen molar-refractivity contribution in [2.75, 3.05) is 0 Å². The second-order valence-corrected chi connectivity index (χ2v) is 6.17. The Bertz CT molecular complexity index is 790. The van der Waals surface area contributed by atoms with Crippen LogP contribution >= 0.6 is 23.2 Å². The molecule has 0 saturated heterocycles. The number of nitro benzene ring substituents is 1. The van der Waals surface area contributed by atoms with Crippen LogP contribution in [0, 0.1) is 10.1 Å². The fourth-order valence-corrected chi connectivity index (χ4v) is 2.77. The fourth-order valence-electron chi connectivity index (χ4n) is 1.45. The first-order chi connectivity index (χ1) is 9.81. The van der Waals surface area contributed by atoms with E-state index >= 15 is 0 Å². The maximum atomic E-state index is 12.1. The zero-order valence-corrected chi connectivity index (χ0v) is 12.5. The van der Waals surface area contributed by atoms with Crippen molar-refractivity contribution in [3.8, 4) is 5.75 Å². The summed E-state index contributed by atoms with van der Waals surface area (Å²) in [5, 5.41) is 10.6. The third-order valence-electron chi connectivity index (χ3n) is 2.45. The van der Waals surface area contributed by atoms with Gasteiger partial charge >= 0.3 is 10.1 Å². The Balaban J connectivity index is 2.34. The summed E-state index contributed by atoms with van der Waals surface area (Å²) in [6.07, 6.45) is 0. The van der Waals surface area contributed by atoms with Crippen LogP contribution in [0.25, 0.3) is 0 Å². The first-order valence-electron chi connectivity index (χ1n) is 5.44. The zero-order valence-electron chi connectivity index (χ0n) is 10.2. The Morgan fingerprint density at radius 1 is 1.05 bits per heavy atom. The van der Waals surface area contributed by atoms with Crippen LogP contribution in [0.5, 0.6) is 5.75 Å². The molecule has 0 aliphatic rings. The molecule has 0 saturated carbocycles. The van der Waals surface area contributed by atoms with Crippen LogP contribution < -0.4 is 4.18 Å². The van der Waals surface area contributed by atoms with Crippen molar-refractivity contribution in [2.24, 2.45) is 0 Å². The van der Waals surface area contributed by atoms with E-state index < -0.39 is 15.0 Å². The minimum absolute atomic E-state index is 0.0374. The molecule has 0 radical (unpaired) electrons. The minimum Gasteiger partial charge on any atom is -0.377 e. The van der Waals surface area contributed by atoms with Gasteiger partial charge in [-0.05, 0) is 24.3 Å². The summed E-state index contributed by atoms with van der Waals surface area (Å²) in [6.45, 7) is 0. The molecule has 6 nitrogen and oxygen atoms in total. The van der Waals surface area contributed by atoms with Crippen LogP contribution in [0.4, 0.5) is 5.69 Å². The number of hydrogen-bond donors (Lipinski definition) is 0. The molecule has 0 aromatic heterocycles. The van der Waals surface area contributed by atoms with Crippen LogP contribution in [-0.4, -0.2) is 13.3 Å². The van der Waals surface area contributed by atoms with E-state index in [1.807, 2.05) is 0 Å². The highest BCUT2D eigenvalue weighted by atomic mass is 35.5. The summed E-state index contributed by atoms with van der Waals surface area (Å²) >= 11 is 11.6. The molecule has 0 heterocycles. The Labute approximate surface area is 130 Å². The standard InChI is InChI=1S/C12H7Cl2NO5S/c13-10-2-1-3-11(12(10)14)20-21(18,19)9-6-4-8(5-7-9)15(16)17/h1-7H. The van der Waals surface area contributed by atoms with Gasteiger partial charge in [0.1, 0.15) is 9.92 Å². The first-order valence-corrected chi connectivity index (χ1v) is 7.60.